The minimum atomic E-state index is -1.46. The van der Waals surface area contributed by atoms with Crippen LogP contribution in [0.4, 0.5) is 5.69 Å². The Labute approximate surface area is 190 Å². The second kappa shape index (κ2) is 8.50. The monoisotopic (exact) mass is 441 g/mol. The van der Waals surface area contributed by atoms with Crippen LogP contribution in [0.3, 0.4) is 0 Å². The first-order chi connectivity index (χ1) is 15.2. The highest BCUT2D eigenvalue weighted by atomic mass is 16.4. The Kier molecular flexibility index (Phi) is 6.05. The number of hydrogen-bond acceptors (Lipinski definition) is 5. The molecule has 3 aliphatic rings. The summed E-state index contributed by atoms with van der Waals surface area (Å²) in [5, 5.41) is 13.8. The van der Waals surface area contributed by atoms with Crippen molar-refractivity contribution in [1.82, 2.24) is 10.2 Å². The zero-order chi connectivity index (χ0) is 23.2. The van der Waals surface area contributed by atoms with Gasteiger partial charge in [-0.1, -0.05) is 51.7 Å². The molecule has 2 heterocycles. The van der Waals surface area contributed by atoms with Crippen LogP contribution >= 0.6 is 0 Å². The molecule has 2 saturated heterocycles. The van der Waals surface area contributed by atoms with Crippen molar-refractivity contribution in [3.05, 3.63) is 29.8 Å². The SMILES string of the molecule is CCC(C)C1(C(=O)O)NC(c2ccc(N(C)C)cc2)C2C(=O)N(C3CCCCC3)C(=O)C21. The normalized spacial score (nSPS) is 31.6. The number of nitrogens with zero attached hydrogens (tertiary/aromatic N) is 2. The maximum atomic E-state index is 13.8. The van der Waals surface area contributed by atoms with E-state index in [1.165, 1.54) is 4.90 Å². The lowest BCUT2D eigenvalue weighted by molar-refractivity contribution is -0.155. The summed E-state index contributed by atoms with van der Waals surface area (Å²) in [6.07, 6.45) is 5.35. The molecule has 0 spiro atoms. The molecule has 3 fully saturated rings. The van der Waals surface area contributed by atoms with Crippen LogP contribution in [0.2, 0.25) is 0 Å². The first-order valence-electron chi connectivity index (χ1n) is 11.9. The van der Waals surface area contributed by atoms with Crippen molar-refractivity contribution in [1.29, 1.82) is 0 Å². The van der Waals surface area contributed by atoms with E-state index in [1.807, 2.05) is 57.1 Å². The second-order valence-corrected chi connectivity index (χ2v) is 9.93. The molecule has 1 aliphatic carbocycles. The molecule has 4 rings (SSSR count). The van der Waals surface area contributed by atoms with E-state index in [0.717, 1.165) is 43.4 Å². The Hall–Kier alpha value is -2.41. The summed E-state index contributed by atoms with van der Waals surface area (Å²) in [6.45, 7) is 3.81. The van der Waals surface area contributed by atoms with Crippen molar-refractivity contribution in [3.63, 3.8) is 0 Å². The quantitative estimate of drug-likeness (QED) is 0.659. The second-order valence-electron chi connectivity index (χ2n) is 9.93. The Morgan fingerprint density at radius 2 is 1.78 bits per heavy atom. The fourth-order valence-corrected chi connectivity index (χ4v) is 6.11. The molecule has 174 valence electrons. The van der Waals surface area contributed by atoms with Gasteiger partial charge in [-0.05, 0) is 36.5 Å². The number of benzene rings is 1. The van der Waals surface area contributed by atoms with Crippen LogP contribution in [0.25, 0.3) is 0 Å². The van der Waals surface area contributed by atoms with Gasteiger partial charge in [-0.3, -0.25) is 24.6 Å². The van der Waals surface area contributed by atoms with E-state index in [0.29, 0.717) is 6.42 Å². The first kappa shape index (κ1) is 22.8. The van der Waals surface area contributed by atoms with E-state index in [-0.39, 0.29) is 23.8 Å². The van der Waals surface area contributed by atoms with Crippen LogP contribution < -0.4 is 10.2 Å². The Bertz CT molecular complexity index is 893. The number of nitrogens with one attached hydrogen (secondary N) is 1. The van der Waals surface area contributed by atoms with Crippen molar-refractivity contribution < 1.29 is 19.5 Å². The van der Waals surface area contributed by atoms with Gasteiger partial charge in [0.25, 0.3) is 0 Å². The maximum absolute atomic E-state index is 13.8. The summed E-state index contributed by atoms with van der Waals surface area (Å²) in [5.41, 5.74) is 0.413. The molecule has 0 bridgehead atoms. The average Bonchev–Trinajstić information content (AvgIpc) is 3.28. The fourth-order valence-electron chi connectivity index (χ4n) is 6.11. The zero-order valence-electron chi connectivity index (χ0n) is 19.5. The van der Waals surface area contributed by atoms with Gasteiger partial charge >= 0.3 is 5.97 Å². The van der Waals surface area contributed by atoms with Crippen LogP contribution in [0.5, 0.6) is 0 Å². The number of carboxylic acid groups (broad SMARTS) is 1. The number of aliphatic carboxylic acids is 1. The highest BCUT2D eigenvalue weighted by Gasteiger charge is 2.70. The molecule has 32 heavy (non-hydrogen) atoms. The number of fused-ring (bicyclic) bond motifs is 1. The molecule has 7 heteroatoms. The van der Waals surface area contributed by atoms with Crippen LogP contribution in [-0.2, 0) is 14.4 Å². The molecule has 5 unspecified atom stereocenters. The summed E-state index contributed by atoms with van der Waals surface area (Å²) < 4.78 is 0. The van der Waals surface area contributed by atoms with Crippen LogP contribution in [0.1, 0.15) is 64.0 Å². The molecule has 7 nitrogen and oxygen atoms in total. The molecule has 1 aromatic rings. The number of carbonyl (C=O) groups excluding carboxylic acids is 2. The minimum absolute atomic E-state index is 0.102. The van der Waals surface area contributed by atoms with Gasteiger partial charge in [0, 0.05) is 31.9 Å². The van der Waals surface area contributed by atoms with E-state index < -0.39 is 29.4 Å². The number of carbonyl (C=O) groups is 3. The molecule has 2 aliphatic heterocycles. The van der Waals surface area contributed by atoms with Gasteiger partial charge in [0.2, 0.25) is 11.8 Å². The molecule has 1 saturated carbocycles. The van der Waals surface area contributed by atoms with Crippen molar-refractivity contribution >= 4 is 23.5 Å². The summed E-state index contributed by atoms with van der Waals surface area (Å²) in [5.74, 6) is -3.42. The Morgan fingerprint density at radius 1 is 1.16 bits per heavy atom. The summed E-state index contributed by atoms with van der Waals surface area (Å²) in [6, 6.07) is 7.21. The van der Waals surface area contributed by atoms with Gasteiger partial charge < -0.3 is 10.0 Å². The average molecular weight is 442 g/mol. The van der Waals surface area contributed by atoms with Gasteiger partial charge in [-0.25, -0.2) is 0 Å². The Morgan fingerprint density at radius 3 is 2.31 bits per heavy atom. The first-order valence-corrected chi connectivity index (χ1v) is 11.9. The van der Waals surface area contributed by atoms with Crippen molar-refractivity contribution in [3.8, 4) is 0 Å². The fraction of sp³-hybridized carbons (Fsp3) is 0.640. The number of rotatable bonds is 6. The molecule has 0 radical (unpaired) electrons. The molecular weight excluding hydrogens is 406 g/mol. The topological polar surface area (TPSA) is 89.9 Å². The maximum Gasteiger partial charge on any atom is 0.325 e. The molecule has 0 aromatic heterocycles. The third-order valence-electron chi connectivity index (χ3n) is 8.08. The standard InChI is InChI=1S/C25H35N3O4/c1-5-15(2)25(24(31)32)20-19(21(26-25)16-11-13-17(14-12-16)27(3)4)22(29)28(23(20)30)18-9-7-6-8-10-18/h11-15,18-21,26H,5-10H2,1-4H3,(H,31,32). The van der Waals surface area contributed by atoms with Gasteiger partial charge in [0.1, 0.15) is 5.54 Å². The van der Waals surface area contributed by atoms with Crippen LogP contribution in [0.15, 0.2) is 24.3 Å². The largest absolute Gasteiger partial charge is 0.480 e. The number of amides is 2. The lowest BCUT2D eigenvalue weighted by Crippen LogP contribution is -2.60. The molecule has 1 aromatic carbocycles. The van der Waals surface area contributed by atoms with E-state index >= 15 is 0 Å². The van der Waals surface area contributed by atoms with Crippen molar-refractivity contribution in [2.24, 2.45) is 17.8 Å². The van der Waals surface area contributed by atoms with Gasteiger partial charge in [-0.15, -0.1) is 0 Å². The molecule has 5 atom stereocenters. The number of hydrogen-bond donors (Lipinski definition) is 2. The van der Waals surface area contributed by atoms with Crippen molar-refractivity contribution in [2.75, 3.05) is 19.0 Å². The molecule has 2 N–H and O–H groups in total. The predicted octanol–water partition coefficient (Wildman–Crippen LogP) is 3.20. The van der Waals surface area contributed by atoms with E-state index in [1.54, 1.807) is 0 Å². The van der Waals surface area contributed by atoms with Crippen LogP contribution in [0, 0.1) is 17.8 Å². The van der Waals surface area contributed by atoms with Gasteiger partial charge in [-0.2, -0.15) is 0 Å². The Balaban J connectivity index is 1.80. The predicted molar refractivity (Wildman–Crippen MR) is 122 cm³/mol. The summed E-state index contributed by atoms with van der Waals surface area (Å²) in [7, 11) is 3.91. The van der Waals surface area contributed by atoms with E-state index in [9.17, 15) is 19.5 Å². The van der Waals surface area contributed by atoms with Crippen molar-refractivity contribution in [2.45, 2.75) is 70.0 Å². The van der Waals surface area contributed by atoms with E-state index in [2.05, 4.69) is 5.32 Å². The highest BCUT2D eigenvalue weighted by Crippen LogP contribution is 2.53. The smallest absolute Gasteiger partial charge is 0.325 e. The van der Waals surface area contributed by atoms with Gasteiger partial charge in [0.15, 0.2) is 0 Å². The van der Waals surface area contributed by atoms with E-state index in [4.69, 9.17) is 0 Å². The number of anilines is 1. The molecular formula is C25H35N3O4. The number of imide groups is 1. The third-order valence-corrected chi connectivity index (χ3v) is 8.08. The minimum Gasteiger partial charge on any atom is -0.480 e. The zero-order valence-corrected chi connectivity index (χ0v) is 19.5. The number of likely N-dealkylation sites (tertiary alicyclic amines) is 1. The summed E-state index contributed by atoms with van der Waals surface area (Å²) in [4.78, 5) is 43.7. The highest BCUT2D eigenvalue weighted by molar-refractivity contribution is 6.09. The lowest BCUT2D eigenvalue weighted by Gasteiger charge is -2.37. The van der Waals surface area contributed by atoms with Crippen LogP contribution in [-0.4, -0.2) is 53.5 Å². The molecule has 2 amide bonds. The van der Waals surface area contributed by atoms with Gasteiger partial charge in [0.05, 0.1) is 11.8 Å². The third kappa shape index (κ3) is 3.33. The number of carboxylic acids is 1. The lowest BCUT2D eigenvalue weighted by atomic mass is 9.72. The summed E-state index contributed by atoms with van der Waals surface area (Å²) >= 11 is 0.